The van der Waals surface area contributed by atoms with E-state index in [1.165, 1.54) is 23.4 Å². The standard InChI is InChI=1S/C18H24N2O5S/c1-12-11-16(12)18(22)25-13(2)17(21)19-14-5-7-15(8-6-14)26(23,24)20-9-3-4-10-20/h5-8,12-13,16H,3-4,9-11H2,1-2H3,(H,19,21)/t12-,13+,16-/m1/s1. The molecule has 1 saturated carbocycles. The average Bonchev–Trinajstić information content (AvgIpc) is 3.10. The van der Waals surface area contributed by atoms with Crippen molar-refractivity contribution >= 4 is 27.6 Å². The Labute approximate surface area is 153 Å². The number of amides is 1. The Kier molecular flexibility index (Phi) is 5.34. The van der Waals surface area contributed by atoms with Gasteiger partial charge in [0.25, 0.3) is 5.91 Å². The van der Waals surface area contributed by atoms with Gasteiger partial charge >= 0.3 is 5.97 Å². The van der Waals surface area contributed by atoms with Crippen molar-refractivity contribution in [1.29, 1.82) is 0 Å². The average molecular weight is 380 g/mol. The maximum atomic E-state index is 12.5. The first-order chi connectivity index (χ1) is 12.3. The lowest BCUT2D eigenvalue weighted by atomic mass is 10.3. The number of anilines is 1. The van der Waals surface area contributed by atoms with E-state index in [0.29, 0.717) is 24.7 Å². The number of esters is 1. The van der Waals surface area contributed by atoms with Gasteiger partial charge in [0.1, 0.15) is 0 Å². The molecular formula is C18H24N2O5S. The summed E-state index contributed by atoms with van der Waals surface area (Å²) in [7, 11) is -3.47. The predicted molar refractivity (Wildman–Crippen MR) is 95.9 cm³/mol. The summed E-state index contributed by atoms with van der Waals surface area (Å²) in [6.45, 7) is 4.58. The van der Waals surface area contributed by atoms with E-state index in [0.717, 1.165) is 19.3 Å². The van der Waals surface area contributed by atoms with E-state index in [4.69, 9.17) is 4.74 Å². The van der Waals surface area contributed by atoms with Crippen LogP contribution in [0.2, 0.25) is 0 Å². The number of benzene rings is 1. The van der Waals surface area contributed by atoms with Crippen molar-refractivity contribution in [2.75, 3.05) is 18.4 Å². The summed E-state index contributed by atoms with van der Waals surface area (Å²) < 4.78 is 31.6. The molecule has 7 nitrogen and oxygen atoms in total. The molecular weight excluding hydrogens is 356 g/mol. The van der Waals surface area contributed by atoms with E-state index in [2.05, 4.69) is 5.32 Å². The SMILES string of the molecule is C[C@H](OC(=O)[C@@H]1C[C@H]1C)C(=O)Nc1ccc(S(=O)(=O)N2CCCC2)cc1. The molecule has 1 aliphatic carbocycles. The molecule has 1 aromatic carbocycles. The maximum absolute atomic E-state index is 12.5. The molecule has 8 heteroatoms. The number of carbonyl (C=O) groups excluding carboxylic acids is 2. The van der Waals surface area contributed by atoms with Gasteiger partial charge in [-0.25, -0.2) is 8.42 Å². The van der Waals surface area contributed by atoms with Crippen molar-refractivity contribution in [3.63, 3.8) is 0 Å². The van der Waals surface area contributed by atoms with Crippen molar-refractivity contribution in [3.05, 3.63) is 24.3 Å². The largest absolute Gasteiger partial charge is 0.452 e. The van der Waals surface area contributed by atoms with Crippen LogP contribution in [0.5, 0.6) is 0 Å². The minimum atomic E-state index is -3.47. The minimum Gasteiger partial charge on any atom is -0.452 e. The van der Waals surface area contributed by atoms with E-state index < -0.39 is 22.0 Å². The van der Waals surface area contributed by atoms with E-state index in [1.807, 2.05) is 6.92 Å². The lowest BCUT2D eigenvalue weighted by molar-refractivity contribution is -0.154. The Bertz CT molecular complexity index is 784. The Morgan fingerprint density at radius 1 is 1.19 bits per heavy atom. The van der Waals surface area contributed by atoms with Crippen LogP contribution in [-0.2, 0) is 24.3 Å². The first-order valence-corrected chi connectivity index (χ1v) is 10.3. The molecule has 2 fully saturated rings. The third kappa shape index (κ3) is 4.07. The first kappa shape index (κ1) is 18.8. The van der Waals surface area contributed by atoms with Gasteiger partial charge in [-0.15, -0.1) is 0 Å². The summed E-state index contributed by atoms with van der Waals surface area (Å²) in [6.07, 6.45) is 1.66. The molecule has 1 aromatic rings. The molecule has 142 valence electrons. The monoisotopic (exact) mass is 380 g/mol. The molecule has 0 radical (unpaired) electrons. The van der Waals surface area contributed by atoms with Gasteiger partial charge in [-0.2, -0.15) is 4.31 Å². The molecule has 3 rings (SSSR count). The number of nitrogens with zero attached hydrogens (tertiary/aromatic N) is 1. The second-order valence-corrected chi connectivity index (χ2v) is 8.96. The van der Waals surface area contributed by atoms with Gasteiger partial charge < -0.3 is 10.1 Å². The predicted octanol–water partition coefficient (Wildman–Crippen LogP) is 2.00. The van der Waals surface area contributed by atoms with Crippen LogP contribution in [0.3, 0.4) is 0 Å². The van der Waals surface area contributed by atoms with Gasteiger partial charge in [-0.05, 0) is 56.4 Å². The molecule has 1 amide bonds. The van der Waals surface area contributed by atoms with Crippen LogP contribution >= 0.6 is 0 Å². The molecule has 26 heavy (non-hydrogen) atoms. The highest BCUT2D eigenvalue weighted by molar-refractivity contribution is 7.89. The van der Waals surface area contributed by atoms with Gasteiger partial charge in [0.05, 0.1) is 10.8 Å². The zero-order valence-electron chi connectivity index (χ0n) is 15.0. The Hall–Kier alpha value is -1.93. The van der Waals surface area contributed by atoms with Gasteiger partial charge in [-0.1, -0.05) is 6.92 Å². The first-order valence-electron chi connectivity index (χ1n) is 8.90. The zero-order chi connectivity index (χ0) is 18.9. The van der Waals surface area contributed by atoms with E-state index in [1.54, 1.807) is 12.1 Å². The van der Waals surface area contributed by atoms with Crippen LogP contribution in [0.25, 0.3) is 0 Å². The number of ether oxygens (including phenoxy) is 1. The highest BCUT2D eigenvalue weighted by Crippen LogP contribution is 2.38. The summed E-state index contributed by atoms with van der Waals surface area (Å²) in [5.41, 5.74) is 0.457. The van der Waals surface area contributed by atoms with Crippen molar-refractivity contribution in [2.45, 2.75) is 44.1 Å². The highest BCUT2D eigenvalue weighted by atomic mass is 32.2. The number of carbonyl (C=O) groups is 2. The minimum absolute atomic E-state index is 0.0969. The van der Waals surface area contributed by atoms with Crippen molar-refractivity contribution in [1.82, 2.24) is 4.31 Å². The summed E-state index contributed by atoms with van der Waals surface area (Å²) in [5, 5.41) is 2.64. The quantitative estimate of drug-likeness (QED) is 0.762. The number of hydrogen-bond acceptors (Lipinski definition) is 5. The zero-order valence-corrected chi connectivity index (χ0v) is 15.8. The summed E-state index contributed by atoms with van der Waals surface area (Å²) >= 11 is 0. The van der Waals surface area contributed by atoms with Crippen LogP contribution in [0, 0.1) is 11.8 Å². The third-order valence-corrected chi connectivity index (χ3v) is 6.81. The Morgan fingerprint density at radius 2 is 1.77 bits per heavy atom. The van der Waals surface area contributed by atoms with Crippen LogP contribution in [-0.4, -0.2) is 43.8 Å². The topological polar surface area (TPSA) is 92.8 Å². The van der Waals surface area contributed by atoms with Crippen LogP contribution < -0.4 is 5.32 Å². The summed E-state index contributed by atoms with van der Waals surface area (Å²) in [6, 6.07) is 6.04. The fourth-order valence-electron chi connectivity index (χ4n) is 3.00. The van der Waals surface area contributed by atoms with Gasteiger partial charge in [0, 0.05) is 18.8 Å². The van der Waals surface area contributed by atoms with Gasteiger partial charge in [-0.3, -0.25) is 9.59 Å². The molecule has 1 heterocycles. The van der Waals surface area contributed by atoms with Crippen LogP contribution in [0.4, 0.5) is 5.69 Å². The number of nitrogens with one attached hydrogen (secondary N) is 1. The van der Waals surface area contributed by atoms with Crippen LogP contribution in [0.15, 0.2) is 29.2 Å². The van der Waals surface area contributed by atoms with E-state index >= 15 is 0 Å². The molecule has 0 bridgehead atoms. The maximum Gasteiger partial charge on any atom is 0.309 e. The number of hydrogen-bond donors (Lipinski definition) is 1. The van der Waals surface area contributed by atoms with Gasteiger partial charge in [0.15, 0.2) is 6.10 Å². The van der Waals surface area contributed by atoms with Crippen molar-refractivity contribution < 1.29 is 22.7 Å². The second kappa shape index (κ2) is 7.36. The molecule has 0 spiro atoms. The van der Waals surface area contributed by atoms with Crippen LogP contribution in [0.1, 0.15) is 33.1 Å². The van der Waals surface area contributed by atoms with Crippen molar-refractivity contribution in [2.24, 2.45) is 11.8 Å². The molecule has 1 saturated heterocycles. The molecule has 0 unspecified atom stereocenters. The van der Waals surface area contributed by atoms with E-state index in [-0.39, 0.29) is 16.8 Å². The smallest absolute Gasteiger partial charge is 0.309 e. The summed E-state index contributed by atoms with van der Waals surface area (Å²) in [5.74, 6) is -0.558. The lowest BCUT2D eigenvalue weighted by Gasteiger charge is -2.16. The number of rotatable bonds is 6. The summed E-state index contributed by atoms with van der Waals surface area (Å²) in [4.78, 5) is 24.1. The molecule has 2 aliphatic rings. The van der Waals surface area contributed by atoms with Crippen molar-refractivity contribution in [3.8, 4) is 0 Å². The molecule has 1 aliphatic heterocycles. The lowest BCUT2D eigenvalue weighted by Crippen LogP contribution is -2.30. The molecule has 3 atom stereocenters. The number of sulfonamides is 1. The third-order valence-electron chi connectivity index (χ3n) is 4.90. The fraction of sp³-hybridized carbons (Fsp3) is 0.556. The molecule has 0 aromatic heterocycles. The Morgan fingerprint density at radius 3 is 2.31 bits per heavy atom. The molecule has 1 N–H and O–H groups in total. The Balaban J connectivity index is 1.58. The normalized spacial score (nSPS) is 24.1. The van der Waals surface area contributed by atoms with E-state index in [9.17, 15) is 18.0 Å². The van der Waals surface area contributed by atoms with Gasteiger partial charge in [0.2, 0.25) is 10.0 Å². The fourth-order valence-corrected chi connectivity index (χ4v) is 4.51. The second-order valence-electron chi connectivity index (χ2n) is 7.02. The highest BCUT2D eigenvalue weighted by Gasteiger charge is 2.41.